The molecule has 3 aliphatic rings. The fourth-order valence-corrected chi connectivity index (χ4v) is 3.86. The molecule has 3 heterocycles. The van der Waals surface area contributed by atoms with Gasteiger partial charge in [-0.25, -0.2) is 4.39 Å². The van der Waals surface area contributed by atoms with Crippen LogP contribution in [0.3, 0.4) is 0 Å². The second-order valence-electron chi connectivity index (χ2n) is 8.67. The molecule has 1 N–H and O–H groups in total. The van der Waals surface area contributed by atoms with E-state index in [-0.39, 0.29) is 5.75 Å². The Bertz CT molecular complexity index is 767. The van der Waals surface area contributed by atoms with Gasteiger partial charge >= 0.3 is 7.12 Å². The largest absolute Gasteiger partial charge is 0.525 e. The number of fused-ring (bicyclic) bond motifs is 1. The van der Waals surface area contributed by atoms with Crippen LogP contribution in [0.25, 0.3) is 5.57 Å². The van der Waals surface area contributed by atoms with E-state index in [1.165, 1.54) is 0 Å². The van der Waals surface area contributed by atoms with E-state index in [0.29, 0.717) is 49.4 Å². The molecule has 2 fully saturated rings. The van der Waals surface area contributed by atoms with Gasteiger partial charge in [-0.1, -0.05) is 0 Å². The van der Waals surface area contributed by atoms with Crippen molar-refractivity contribution in [1.29, 1.82) is 0 Å². The van der Waals surface area contributed by atoms with E-state index in [4.69, 9.17) is 18.8 Å². The summed E-state index contributed by atoms with van der Waals surface area (Å²) in [4.78, 5) is 0. The lowest BCUT2D eigenvalue weighted by atomic mass is 9.75. The van der Waals surface area contributed by atoms with Crippen molar-refractivity contribution in [2.24, 2.45) is 0 Å². The molecule has 0 saturated carbocycles. The second-order valence-corrected chi connectivity index (χ2v) is 8.67. The zero-order valence-electron chi connectivity index (χ0n) is 16.3. The zero-order chi connectivity index (χ0) is 19.4. The summed E-state index contributed by atoms with van der Waals surface area (Å²) in [5, 5.41) is 9.88. The van der Waals surface area contributed by atoms with Crippen molar-refractivity contribution >= 4 is 12.7 Å². The van der Waals surface area contributed by atoms with Gasteiger partial charge in [-0.05, 0) is 45.4 Å². The zero-order valence-corrected chi connectivity index (χ0v) is 16.3. The summed E-state index contributed by atoms with van der Waals surface area (Å²) < 4.78 is 39.2. The molecule has 1 spiro atoms. The number of halogens is 1. The Balaban J connectivity index is 1.77. The summed E-state index contributed by atoms with van der Waals surface area (Å²) in [7, 11) is -1.05. The smallest absolute Gasteiger partial charge is 0.508 e. The molecule has 1 aromatic rings. The number of phenolic OH excluding ortho intramolecular Hbond substituents is 1. The van der Waals surface area contributed by atoms with Crippen molar-refractivity contribution in [3.05, 3.63) is 29.5 Å². The minimum atomic E-state index is -1.05. The molecule has 5 nitrogen and oxygen atoms in total. The van der Waals surface area contributed by atoms with Gasteiger partial charge in [0.15, 0.2) is 0 Å². The van der Waals surface area contributed by atoms with Crippen molar-refractivity contribution in [2.45, 2.75) is 63.8 Å². The summed E-state index contributed by atoms with van der Waals surface area (Å²) in [6, 6.07) is 4.78. The maximum absolute atomic E-state index is 15.7. The van der Waals surface area contributed by atoms with E-state index in [0.717, 1.165) is 0 Å². The number of phenols is 1. The lowest BCUT2D eigenvalue weighted by Gasteiger charge is -2.42. The molecule has 27 heavy (non-hydrogen) atoms. The molecule has 2 saturated heterocycles. The number of ether oxygens (including phenoxy) is 2. The number of rotatable bonds is 1. The first-order valence-electron chi connectivity index (χ1n) is 9.47. The van der Waals surface area contributed by atoms with Gasteiger partial charge in [-0.3, -0.25) is 0 Å². The molecule has 4 rings (SSSR count). The minimum Gasteiger partial charge on any atom is -0.508 e. The van der Waals surface area contributed by atoms with Gasteiger partial charge in [0.2, 0.25) is 0 Å². The van der Waals surface area contributed by atoms with Crippen LogP contribution in [0, 0.1) is 0 Å². The Morgan fingerprint density at radius 2 is 1.70 bits per heavy atom. The topological polar surface area (TPSA) is 57.2 Å². The van der Waals surface area contributed by atoms with E-state index in [9.17, 15) is 5.11 Å². The van der Waals surface area contributed by atoms with Gasteiger partial charge in [-0.15, -0.1) is 0 Å². The third-order valence-electron chi connectivity index (χ3n) is 6.27. The molecule has 1 aromatic carbocycles. The van der Waals surface area contributed by atoms with Crippen LogP contribution in [0.2, 0.25) is 0 Å². The fourth-order valence-electron chi connectivity index (χ4n) is 3.86. The summed E-state index contributed by atoms with van der Waals surface area (Å²) in [6.07, 6.45) is 1.76. The summed E-state index contributed by atoms with van der Waals surface area (Å²) in [6.45, 7) is 8.75. The third kappa shape index (κ3) is 3.16. The van der Waals surface area contributed by atoms with Gasteiger partial charge in [0.25, 0.3) is 0 Å². The van der Waals surface area contributed by atoms with Crippen molar-refractivity contribution in [3.8, 4) is 11.5 Å². The molecule has 0 bridgehead atoms. The van der Waals surface area contributed by atoms with Crippen LogP contribution in [0.1, 0.15) is 52.5 Å². The fraction of sp³-hybridized carbons (Fsp3) is 0.600. The number of benzene rings is 1. The lowest BCUT2D eigenvalue weighted by molar-refractivity contribution is -0.0462. The summed E-state index contributed by atoms with van der Waals surface area (Å²) in [5.41, 5.74) is -1.03. The number of hydrogen-bond acceptors (Lipinski definition) is 5. The summed E-state index contributed by atoms with van der Waals surface area (Å²) in [5.74, 6) is 0.582. The van der Waals surface area contributed by atoms with Crippen molar-refractivity contribution in [1.82, 2.24) is 0 Å². The molecular weight excluding hydrogens is 350 g/mol. The van der Waals surface area contributed by atoms with Crippen LogP contribution in [-0.2, 0) is 14.0 Å². The second kappa shape index (κ2) is 6.22. The molecule has 7 heteroatoms. The molecule has 0 atom stereocenters. The molecular formula is C20H26BFO5. The van der Waals surface area contributed by atoms with Gasteiger partial charge < -0.3 is 23.9 Å². The molecule has 0 unspecified atom stereocenters. The highest BCUT2D eigenvalue weighted by Crippen LogP contribution is 2.49. The lowest BCUT2D eigenvalue weighted by Crippen LogP contribution is -2.44. The average molecular weight is 376 g/mol. The highest BCUT2D eigenvalue weighted by atomic mass is 19.1. The quantitative estimate of drug-likeness (QED) is 0.750. The number of aromatic hydroxyl groups is 1. The summed E-state index contributed by atoms with van der Waals surface area (Å²) >= 11 is 0. The first-order valence-corrected chi connectivity index (χ1v) is 9.47. The Kier molecular flexibility index (Phi) is 4.33. The Morgan fingerprint density at radius 1 is 1.07 bits per heavy atom. The SMILES string of the molecule is CC1(C)OB(C(F)=C2CC3(CCOCC3)Oc3cc(O)ccc32)OC1(C)C. The normalized spacial score (nSPS) is 27.2. The van der Waals surface area contributed by atoms with Crippen LogP contribution in [0.15, 0.2) is 23.9 Å². The Morgan fingerprint density at radius 3 is 2.33 bits per heavy atom. The van der Waals surface area contributed by atoms with Gasteiger partial charge in [0, 0.05) is 30.9 Å². The Hall–Kier alpha value is -1.57. The van der Waals surface area contributed by atoms with Crippen LogP contribution >= 0.6 is 0 Å². The monoisotopic (exact) mass is 376 g/mol. The molecule has 0 aromatic heterocycles. The standard InChI is InChI=1S/C20H26BFO5/c1-18(2)19(3,4)27-21(26-18)17(22)15-12-20(7-9-24-10-8-20)25-16-11-13(23)5-6-14(15)16/h5-6,11,23H,7-10,12H2,1-4H3. The maximum Gasteiger partial charge on any atom is 0.525 e. The first-order chi connectivity index (χ1) is 12.6. The van der Waals surface area contributed by atoms with E-state index >= 15 is 4.39 Å². The minimum absolute atomic E-state index is 0.0910. The molecule has 0 radical (unpaired) electrons. The van der Waals surface area contributed by atoms with Gasteiger partial charge in [0.1, 0.15) is 22.8 Å². The van der Waals surface area contributed by atoms with E-state index in [1.54, 1.807) is 18.2 Å². The van der Waals surface area contributed by atoms with Crippen LogP contribution in [0.5, 0.6) is 11.5 Å². The predicted molar refractivity (Wildman–Crippen MR) is 100 cm³/mol. The predicted octanol–water partition coefficient (Wildman–Crippen LogP) is 4.04. The van der Waals surface area contributed by atoms with E-state index in [1.807, 2.05) is 27.7 Å². The molecule has 146 valence electrons. The van der Waals surface area contributed by atoms with Crippen molar-refractivity contribution in [3.63, 3.8) is 0 Å². The molecule has 0 amide bonds. The van der Waals surface area contributed by atoms with Crippen LogP contribution < -0.4 is 4.74 Å². The highest BCUT2D eigenvalue weighted by Gasteiger charge is 2.54. The van der Waals surface area contributed by atoms with E-state index < -0.39 is 29.6 Å². The first kappa shape index (κ1) is 18.8. The van der Waals surface area contributed by atoms with Gasteiger partial charge in [-0.2, -0.15) is 0 Å². The Labute approximate surface area is 159 Å². The van der Waals surface area contributed by atoms with Crippen molar-refractivity contribution in [2.75, 3.05) is 13.2 Å². The van der Waals surface area contributed by atoms with Gasteiger partial charge in [0.05, 0.1) is 24.4 Å². The molecule has 0 aliphatic carbocycles. The van der Waals surface area contributed by atoms with Crippen molar-refractivity contribution < 1.29 is 28.3 Å². The van der Waals surface area contributed by atoms with Crippen LogP contribution in [-0.4, -0.2) is 42.2 Å². The molecule has 3 aliphatic heterocycles. The maximum atomic E-state index is 15.7. The average Bonchev–Trinajstić information content (AvgIpc) is 2.81. The number of hydrogen-bond donors (Lipinski definition) is 1. The highest BCUT2D eigenvalue weighted by molar-refractivity contribution is 6.55. The third-order valence-corrected chi connectivity index (χ3v) is 6.27. The van der Waals surface area contributed by atoms with E-state index in [2.05, 4.69) is 0 Å². The van der Waals surface area contributed by atoms with Crippen LogP contribution in [0.4, 0.5) is 4.39 Å².